The predicted octanol–water partition coefficient (Wildman–Crippen LogP) is 3.56. The van der Waals surface area contributed by atoms with Gasteiger partial charge in [-0.15, -0.1) is 0 Å². The van der Waals surface area contributed by atoms with Gasteiger partial charge in [-0.25, -0.2) is 4.98 Å². The van der Waals surface area contributed by atoms with Crippen molar-refractivity contribution >= 4 is 27.6 Å². The predicted molar refractivity (Wildman–Crippen MR) is 76.7 cm³/mol. The molecule has 0 atom stereocenters. The van der Waals surface area contributed by atoms with Crippen molar-refractivity contribution in [1.82, 2.24) is 9.97 Å². The van der Waals surface area contributed by atoms with Gasteiger partial charge in [0.25, 0.3) is 0 Å². The average molecular weight is 239 g/mol. The lowest BCUT2D eigenvalue weighted by Gasteiger charge is -2.02. The molecule has 0 amide bonds. The average Bonchev–Trinajstić information content (AvgIpc) is 2.67. The summed E-state index contributed by atoms with van der Waals surface area (Å²) in [7, 11) is 0. The van der Waals surface area contributed by atoms with E-state index in [1.54, 1.807) is 0 Å². The van der Waals surface area contributed by atoms with Crippen LogP contribution in [0.25, 0.3) is 21.8 Å². The highest BCUT2D eigenvalue weighted by molar-refractivity contribution is 6.08. The van der Waals surface area contributed by atoms with Gasteiger partial charge in [0, 0.05) is 16.3 Å². The van der Waals surface area contributed by atoms with Crippen molar-refractivity contribution < 1.29 is 0 Å². The molecular formula is C15H17N3. The molecule has 0 spiro atoms. The molecule has 3 rings (SSSR count). The van der Waals surface area contributed by atoms with Gasteiger partial charge in [0.2, 0.25) is 0 Å². The zero-order valence-electron chi connectivity index (χ0n) is 10.7. The van der Waals surface area contributed by atoms with Crippen LogP contribution >= 0.6 is 0 Å². The fourth-order valence-corrected chi connectivity index (χ4v) is 2.52. The topological polar surface area (TPSA) is 54.7 Å². The van der Waals surface area contributed by atoms with E-state index in [0.717, 1.165) is 29.6 Å². The van der Waals surface area contributed by atoms with E-state index in [1.165, 1.54) is 16.3 Å². The number of H-pyrrole nitrogens is 1. The van der Waals surface area contributed by atoms with Gasteiger partial charge in [0.05, 0.1) is 11.2 Å². The summed E-state index contributed by atoms with van der Waals surface area (Å²) in [4.78, 5) is 7.94. The van der Waals surface area contributed by atoms with E-state index in [1.807, 2.05) is 6.07 Å². The molecule has 0 fully saturated rings. The standard InChI is InChI=1S/C15H17N3/c1-3-4-12-15-11(8-14(16)17-12)10-6-5-9(2)7-13(10)18-15/h5-8,18H,3-4H2,1-2H3,(H2,16,17). The van der Waals surface area contributed by atoms with Gasteiger partial charge in [-0.2, -0.15) is 0 Å². The van der Waals surface area contributed by atoms with Crippen molar-refractivity contribution in [1.29, 1.82) is 0 Å². The van der Waals surface area contributed by atoms with Gasteiger partial charge in [-0.05, 0) is 31.0 Å². The molecule has 2 aromatic heterocycles. The number of anilines is 1. The van der Waals surface area contributed by atoms with Crippen LogP contribution < -0.4 is 5.73 Å². The molecule has 0 unspecified atom stereocenters. The third kappa shape index (κ3) is 1.63. The van der Waals surface area contributed by atoms with Crippen LogP contribution in [0.4, 0.5) is 5.82 Å². The first kappa shape index (κ1) is 11.1. The minimum absolute atomic E-state index is 0.604. The first-order valence-electron chi connectivity index (χ1n) is 6.36. The van der Waals surface area contributed by atoms with Crippen molar-refractivity contribution in [2.75, 3.05) is 5.73 Å². The minimum atomic E-state index is 0.604. The van der Waals surface area contributed by atoms with Crippen molar-refractivity contribution in [2.24, 2.45) is 0 Å². The first-order valence-corrected chi connectivity index (χ1v) is 6.36. The Hall–Kier alpha value is -2.03. The Balaban J connectivity index is 2.41. The Morgan fingerprint density at radius 2 is 2.06 bits per heavy atom. The Bertz CT molecular complexity index is 725. The highest BCUT2D eigenvalue weighted by Gasteiger charge is 2.10. The van der Waals surface area contributed by atoms with Crippen LogP contribution in [0.5, 0.6) is 0 Å². The maximum Gasteiger partial charge on any atom is 0.124 e. The first-order chi connectivity index (χ1) is 8.69. The van der Waals surface area contributed by atoms with Crippen LogP contribution in [-0.4, -0.2) is 9.97 Å². The summed E-state index contributed by atoms with van der Waals surface area (Å²) in [6, 6.07) is 8.41. The van der Waals surface area contributed by atoms with Gasteiger partial charge in [0.15, 0.2) is 0 Å². The number of nitrogen functional groups attached to an aromatic ring is 1. The van der Waals surface area contributed by atoms with Crippen LogP contribution in [0.15, 0.2) is 24.3 Å². The Morgan fingerprint density at radius 3 is 2.83 bits per heavy atom. The van der Waals surface area contributed by atoms with E-state index < -0.39 is 0 Å². The third-order valence-electron chi connectivity index (χ3n) is 3.33. The second kappa shape index (κ2) is 4.02. The number of benzene rings is 1. The summed E-state index contributed by atoms with van der Waals surface area (Å²) in [5.41, 5.74) is 10.5. The number of aromatic amines is 1. The second-order valence-electron chi connectivity index (χ2n) is 4.84. The maximum atomic E-state index is 5.91. The van der Waals surface area contributed by atoms with Crippen molar-refractivity contribution in [3.05, 3.63) is 35.5 Å². The van der Waals surface area contributed by atoms with Gasteiger partial charge in [-0.3, -0.25) is 0 Å². The van der Waals surface area contributed by atoms with Crippen molar-refractivity contribution in [2.45, 2.75) is 26.7 Å². The van der Waals surface area contributed by atoms with Crippen molar-refractivity contribution in [3.63, 3.8) is 0 Å². The number of fused-ring (bicyclic) bond motifs is 3. The number of aryl methyl sites for hydroxylation is 2. The molecule has 0 saturated carbocycles. The van der Waals surface area contributed by atoms with E-state index in [0.29, 0.717) is 5.82 Å². The molecule has 3 N–H and O–H groups in total. The number of pyridine rings is 1. The summed E-state index contributed by atoms with van der Waals surface area (Å²) in [6.45, 7) is 4.26. The van der Waals surface area contributed by atoms with Crippen LogP contribution in [-0.2, 0) is 6.42 Å². The lowest BCUT2D eigenvalue weighted by molar-refractivity contribution is 0.893. The Kier molecular flexibility index (Phi) is 2.47. The smallest absolute Gasteiger partial charge is 0.124 e. The molecule has 2 heterocycles. The summed E-state index contributed by atoms with van der Waals surface area (Å²) >= 11 is 0. The summed E-state index contributed by atoms with van der Waals surface area (Å²) in [5.74, 6) is 0.604. The number of rotatable bonds is 2. The lowest BCUT2D eigenvalue weighted by Crippen LogP contribution is -1.96. The molecule has 18 heavy (non-hydrogen) atoms. The lowest BCUT2D eigenvalue weighted by atomic mass is 10.1. The van der Waals surface area contributed by atoms with Crippen LogP contribution in [0.2, 0.25) is 0 Å². The van der Waals surface area contributed by atoms with Crippen molar-refractivity contribution in [3.8, 4) is 0 Å². The molecule has 0 radical (unpaired) electrons. The van der Waals surface area contributed by atoms with Crippen LogP contribution in [0.3, 0.4) is 0 Å². The molecule has 3 heteroatoms. The molecule has 1 aromatic carbocycles. The number of nitrogens with zero attached hydrogens (tertiary/aromatic N) is 1. The second-order valence-corrected chi connectivity index (χ2v) is 4.84. The Morgan fingerprint density at radius 1 is 1.22 bits per heavy atom. The van der Waals surface area contributed by atoms with Gasteiger partial charge >= 0.3 is 0 Å². The molecule has 0 saturated heterocycles. The maximum absolute atomic E-state index is 5.91. The zero-order chi connectivity index (χ0) is 12.7. The molecule has 0 aliphatic heterocycles. The van der Waals surface area contributed by atoms with E-state index in [2.05, 4.69) is 42.0 Å². The largest absolute Gasteiger partial charge is 0.384 e. The fourth-order valence-electron chi connectivity index (χ4n) is 2.52. The van der Waals surface area contributed by atoms with E-state index in [-0.39, 0.29) is 0 Å². The molecule has 92 valence electrons. The molecule has 0 aliphatic rings. The van der Waals surface area contributed by atoms with E-state index in [9.17, 15) is 0 Å². The van der Waals surface area contributed by atoms with E-state index >= 15 is 0 Å². The monoisotopic (exact) mass is 239 g/mol. The van der Waals surface area contributed by atoms with Crippen LogP contribution in [0, 0.1) is 6.92 Å². The quantitative estimate of drug-likeness (QED) is 0.718. The number of hydrogen-bond acceptors (Lipinski definition) is 2. The number of aromatic nitrogens is 2. The molecule has 0 aliphatic carbocycles. The summed E-state index contributed by atoms with van der Waals surface area (Å²) in [5, 5.41) is 2.41. The highest BCUT2D eigenvalue weighted by Crippen LogP contribution is 2.29. The highest BCUT2D eigenvalue weighted by atomic mass is 14.9. The number of nitrogens with one attached hydrogen (secondary N) is 1. The molecular weight excluding hydrogens is 222 g/mol. The van der Waals surface area contributed by atoms with Gasteiger partial charge in [0.1, 0.15) is 5.82 Å². The van der Waals surface area contributed by atoms with Gasteiger partial charge in [-0.1, -0.05) is 25.5 Å². The molecule has 3 nitrogen and oxygen atoms in total. The number of hydrogen-bond donors (Lipinski definition) is 2. The summed E-state index contributed by atoms with van der Waals surface area (Å²) in [6.07, 6.45) is 2.02. The third-order valence-corrected chi connectivity index (χ3v) is 3.33. The Labute approximate surface area is 106 Å². The zero-order valence-corrected chi connectivity index (χ0v) is 10.7. The number of nitrogens with two attached hydrogens (primary N) is 1. The fraction of sp³-hybridized carbons (Fsp3) is 0.267. The SMILES string of the molecule is CCCc1nc(N)cc2c1[nH]c1cc(C)ccc12. The molecule has 0 bridgehead atoms. The summed E-state index contributed by atoms with van der Waals surface area (Å²) < 4.78 is 0. The molecule has 3 aromatic rings. The van der Waals surface area contributed by atoms with E-state index in [4.69, 9.17) is 5.73 Å². The van der Waals surface area contributed by atoms with Crippen LogP contribution in [0.1, 0.15) is 24.6 Å². The van der Waals surface area contributed by atoms with Gasteiger partial charge < -0.3 is 10.7 Å². The minimum Gasteiger partial charge on any atom is -0.384 e. The normalized spacial score (nSPS) is 11.4.